The van der Waals surface area contributed by atoms with Crippen LogP contribution in [-0.4, -0.2) is 5.91 Å². The number of nitrogens with one attached hydrogen (secondary N) is 1. The molecule has 0 bridgehead atoms. The first-order valence-corrected chi connectivity index (χ1v) is 8.60. The topological polar surface area (TPSA) is 32.3 Å². The van der Waals surface area contributed by atoms with Gasteiger partial charge in [0.2, 0.25) is 5.91 Å². The zero-order valence-electron chi connectivity index (χ0n) is 14.0. The van der Waals surface area contributed by atoms with E-state index in [2.05, 4.69) is 41.8 Å². The lowest BCUT2D eigenvalue weighted by molar-refractivity contribution is -0.120. The first-order valence-electron chi connectivity index (χ1n) is 8.60. The Kier molecular flexibility index (Phi) is 4.21. The van der Waals surface area contributed by atoms with Crippen LogP contribution in [-0.2, 0) is 24.1 Å². The van der Waals surface area contributed by atoms with Gasteiger partial charge >= 0.3 is 0 Å². The lowest BCUT2D eigenvalue weighted by Crippen LogP contribution is -2.40. The molecule has 1 aliphatic heterocycles. The molecule has 1 amide bonds. The molecule has 3 aromatic carbocycles. The standard InChI is InChI=1S/C22H20N2O/c25-22(16-17-8-2-1-3-9-17)23-24-20-12-6-4-10-18(20)14-15-19-11-5-7-13-21(19)24/h1-13H,14-16H2,(H,23,25). The molecule has 0 unspecified atom stereocenters. The molecule has 0 radical (unpaired) electrons. The highest BCUT2D eigenvalue weighted by molar-refractivity contribution is 5.84. The molecular formula is C22H20N2O. The number of nitrogens with zero attached hydrogens (tertiary/aromatic N) is 1. The van der Waals surface area contributed by atoms with Crippen LogP contribution in [0.1, 0.15) is 16.7 Å². The van der Waals surface area contributed by atoms with Gasteiger partial charge in [0.25, 0.3) is 0 Å². The Labute approximate surface area is 147 Å². The fraction of sp³-hybridized carbons (Fsp3) is 0.136. The summed E-state index contributed by atoms with van der Waals surface area (Å²) in [6.45, 7) is 0. The van der Waals surface area contributed by atoms with Crippen molar-refractivity contribution in [2.24, 2.45) is 0 Å². The number of carbonyl (C=O) groups excluding carboxylic acids is 1. The minimum absolute atomic E-state index is 0.0160. The summed E-state index contributed by atoms with van der Waals surface area (Å²) in [6, 6.07) is 26.4. The van der Waals surface area contributed by atoms with Crippen molar-refractivity contribution in [3.63, 3.8) is 0 Å². The molecule has 3 heteroatoms. The summed E-state index contributed by atoms with van der Waals surface area (Å²) in [5.41, 5.74) is 8.72. The van der Waals surface area contributed by atoms with Crippen LogP contribution in [0, 0.1) is 0 Å². The summed E-state index contributed by atoms with van der Waals surface area (Å²) in [7, 11) is 0. The predicted octanol–water partition coefficient (Wildman–Crippen LogP) is 4.20. The second-order valence-corrected chi connectivity index (χ2v) is 6.29. The highest BCUT2D eigenvalue weighted by atomic mass is 16.2. The summed E-state index contributed by atoms with van der Waals surface area (Å²) < 4.78 is 0. The smallest absolute Gasteiger partial charge is 0.243 e. The molecule has 3 aromatic rings. The molecule has 0 aromatic heterocycles. The van der Waals surface area contributed by atoms with Gasteiger partial charge in [-0.3, -0.25) is 15.2 Å². The van der Waals surface area contributed by atoms with E-state index in [1.807, 2.05) is 47.5 Å². The van der Waals surface area contributed by atoms with Gasteiger partial charge in [-0.05, 0) is 41.7 Å². The second kappa shape index (κ2) is 6.81. The number of carbonyl (C=O) groups is 1. The zero-order chi connectivity index (χ0) is 17.1. The zero-order valence-corrected chi connectivity index (χ0v) is 14.0. The van der Waals surface area contributed by atoms with Gasteiger partial charge in [-0.15, -0.1) is 0 Å². The summed E-state index contributed by atoms with van der Waals surface area (Å²) in [5.74, 6) is -0.0160. The van der Waals surface area contributed by atoms with E-state index in [1.54, 1.807) is 0 Å². The first kappa shape index (κ1) is 15.5. The third-order valence-electron chi connectivity index (χ3n) is 4.57. The maximum atomic E-state index is 12.7. The molecular weight excluding hydrogens is 308 g/mol. The number of aryl methyl sites for hydroxylation is 2. The number of amides is 1. The molecule has 0 saturated heterocycles. The quantitative estimate of drug-likeness (QED) is 0.781. The molecule has 3 nitrogen and oxygen atoms in total. The fourth-order valence-corrected chi connectivity index (χ4v) is 3.35. The lowest BCUT2D eigenvalue weighted by Gasteiger charge is -2.27. The molecule has 0 saturated carbocycles. The molecule has 1 aliphatic rings. The monoisotopic (exact) mass is 328 g/mol. The highest BCUT2D eigenvalue weighted by Gasteiger charge is 2.21. The Morgan fingerprint density at radius 2 is 1.28 bits per heavy atom. The summed E-state index contributed by atoms with van der Waals surface area (Å²) in [5, 5.41) is 1.95. The maximum Gasteiger partial charge on any atom is 0.243 e. The second-order valence-electron chi connectivity index (χ2n) is 6.29. The maximum absolute atomic E-state index is 12.7. The molecule has 1 N–H and O–H groups in total. The van der Waals surface area contributed by atoms with Crippen molar-refractivity contribution in [1.82, 2.24) is 5.43 Å². The van der Waals surface area contributed by atoms with Gasteiger partial charge in [0.05, 0.1) is 17.8 Å². The van der Waals surface area contributed by atoms with E-state index in [1.165, 1.54) is 11.1 Å². The van der Waals surface area contributed by atoms with Crippen LogP contribution < -0.4 is 10.4 Å². The number of para-hydroxylation sites is 2. The number of rotatable bonds is 3. The average molecular weight is 328 g/mol. The number of anilines is 2. The van der Waals surface area contributed by atoms with E-state index in [4.69, 9.17) is 0 Å². The van der Waals surface area contributed by atoms with Crippen molar-refractivity contribution in [3.8, 4) is 0 Å². The van der Waals surface area contributed by atoms with Crippen molar-refractivity contribution in [2.75, 3.05) is 5.01 Å². The van der Waals surface area contributed by atoms with Crippen LogP contribution in [0.3, 0.4) is 0 Å². The van der Waals surface area contributed by atoms with Gasteiger partial charge in [-0.2, -0.15) is 0 Å². The molecule has 0 spiro atoms. The van der Waals surface area contributed by atoms with Crippen LogP contribution >= 0.6 is 0 Å². The minimum atomic E-state index is -0.0160. The van der Waals surface area contributed by atoms with E-state index in [-0.39, 0.29) is 5.91 Å². The van der Waals surface area contributed by atoms with Gasteiger partial charge < -0.3 is 0 Å². The Bertz CT molecular complexity index is 842. The van der Waals surface area contributed by atoms with Crippen molar-refractivity contribution in [1.29, 1.82) is 0 Å². The Hall–Kier alpha value is -3.07. The summed E-state index contributed by atoms with van der Waals surface area (Å²) in [4.78, 5) is 12.7. The lowest BCUT2D eigenvalue weighted by atomic mass is 10.0. The van der Waals surface area contributed by atoms with Gasteiger partial charge in [-0.25, -0.2) is 0 Å². The van der Waals surface area contributed by atoms with Gasteiger partial charge in [0.15, 0.2) is 0 Å². The van der Waals surface area contributed by atoms with Crippen molar-refractivity contribution in [2.45, 2.75) is 19.3 Å². The Balaban J connectivity index is 1.67. The average Bonchev–Trinajstić information content (AvgIpc) is 2.80. The van der Waals surface area contributed by atoms with E-state index in [0.717, 1.165) is 29.8 Å². The number of hydrogen-bond acceptors (Lipinski definition) is 2. The largest absolute Gasteiger partial charge is 0.273 e. The number of hydrazine groups is 1. The van der Waals surface area contributed by atoms with Crippen LogP contribution in [0.5, 0.6) is 0 Å². The molecule has 124 valence electrons. The van der Waals surface area contributed by atoms with Crippen LogP contribution in [0.2, 0.25) is 0 Å². The summed E-state index contributed by atoms with van der Waals surface area (Å²) >= 11 is 0. The third-order valence-corrected chi connectivity index (χ3v) is 4.57. The molecule has 25 heavy (non-hydrogen) atoms. The minimum Gasteiger partial charge on any atom is -0.273 e. The summed E-state index contributed by atoms with van der Waals surface area (Å²) in [6.07, 6.45) is 2.30. The first-order chi connectivity index (χ1) is 12.3. The number of hydrogen-bond donors (Lipinski definition) is 1. The van der Waals surface area contributed by atoms with Gasteiger partial charge in [0, 0.05) is 0 Å². The number of benzene rings is 3. The molecule has 0 aliphatic carbocycles. The Morgan fingerprint density at radius 3 is 1.88 bits per heavy atom. The molecule has 0 fully saturated rings. The highest BCUT2D eigenvalue weighted by Crippen LogP contribution is 2.34. The fourth-order valence-electron chi connectivity index (χ4n) is 3.35. The van der Waals surface area contributed by atoms with Crippen molar-refractivity contribution in [3.05, 3.63) is 95.6 Å². The van der Waals surface area contributed by atoms with Crippen LogP contribution in [0.25, 0.3) is 0 Å². The molecule has 1 heterocycles. The van der Waals surface area contributed by atoms with E-state index >= 15 is 0 Å². The van der Waals surface area contributed by atoms with E-state index in [9.17, 15) is 4.79 Å². The van der Waals surface area contributed by atoms with Crippen LogP contribution in [0.15, 0.2) is 78.9 Å². The third kappa shape index (κ3) is 3.26. The Morgan fingerprint density at radius 1 is 0.760 bits per heavy atom. The van der Waals surface area contributed by atoms with Crippen molar-refractivity contribution >= 4 is 17.3 Å². The van der Waals surface area contributed by atoms with Gasteiger partial charge in [-0.1, -0.05) is 66.7 Å². The van der Waals surface area contributed by atoms with Gasteiger partial charge in [0.1, 0.15) is 0 Å². The van der Waals surface area contributed by atoms with Crippen LogP contribution in [0.4, 0.5) is 11.4 Å². The van der Waals surface area contributed by atoms with E-state index < -0.39 is 0 Å². The normalized spacial score (nSPS) is 12.7. The van der Waals surface area contributed by atoms with Crippen molar-refractivity contribution < 1.29 is 4.79 Å². The number of fused-ring (bicyclic) bond motifs is 2. The SMILES string of the molecule is O=C(Cc1ccccc1)NN1c2ccccc2CCc2ccccc21. The molecule has 4 rings (SSSR count). The molecule has 0 atom stereocenters. The predicted molar refractivity (Wildman–Crippen MR) is 101 cm³/mol. The van der Waals surface area contributed by atoms with E-state index in [0.29, 0.717) is 6.42 Å².